The van der Waals surface area contributed by atoms with Crippen LogP contribution in [0.15, 0.2) is 29.1 Å². The predicted octanol–water partition coefficient (Wildman–Crippen LogP) is 1.48. The Balaban J connectivity index is 2.80. The zero-order chi connectivity index (χ0) is 14.9. The zero-order valence-electron chi connectivity index (χ0n) is 11.2. The molecule has 0 aliphatic heterocycles. The maximum absolute atomic E-state index is 13.0. The lowest BCUT2D eigenvalue weighted by Crippen LogP contribution is -2.29. The Labute approximate surface area is 114 Å². The maximum Gasteiger partial charge on any atom is 0.273 e. The summed E-state index contributed by atoms with van der Waals surface area (Å²) in [4.78, 5) is 23.6. The van der Waals surface area contributed by atoms with Crippen molar-refractivity contribution in [2.24, 2.45) is 5.73 Å². The van der Waals surface area contributed by atoms with Gasteiger partial charge in [-0.15, -0.1) is 0 Å². The molecule has 1 aromatic heterocycles. The molecule has 1 amide bonds. The van der Waals surface area contributed by atoms with Crippen molar-refractivity contribution in [3.8, 4) is 11.1 Å². The van der Waals surface area contributed by atoms with Crippen molar-refractivity contribution in [1.29, 1.82) is 0 Å². The molecule has 0 aliphatic carbocycles. The number of benzene rings is 1. The Bertz CT molecular complexity index is 720. The highest BCUT2D eigenvalue weighted by Crippen LogP contribution is 2.20. The van der Waals surface area contributed by atoms with Crippen LogP contribution in [0, 0.1) is 12.7 Å². The van der Waals surface area contributed by atoms with E-state index < -0.39 is 17.2 Å². The number of carbonyl (C=O) groups is 1. The number of aromatic nitrogens is 2. The molecule has 2 aromatic rings. The number of rotatable bonds is 3. The van der Waals surface area contributed by atoms with Crippen LogP contribution in [0.25, 0.3) is 11.1 Å². The van der Waals surface area contributed by atoms with E-state index in [-0.39, 0.29) is 5.69 Å². The lowest BCUT2D eigenvalue weighted by Gasteiger charge is -2.13. The molecular weight excluding hydrogens is 261 g/mol. The summed E-state index contributed by atoms with van der Waals surface area (Å²) in [5, 5.41) is 3.95. The smallest absolute Gasteiger partial charge is 0.273 e. The van der Waals surface area contributed by atoms with Gasteiger partial charge in [-0.1, -0.05) is 12.1 Å². The molecular formula is C14H14FN3O2. The van der Waals surface area contributed by atoms with Crippen molar-refractivity contribution in [2.75, 3.05) is 0 Å². The van der Waals surface area contributed by atoms with E-state index in [2.05, 4.69) is 5.10 Å². The normalized spacial score (nSPS) is 10.6. The van der Waals surface area contributed by atoms with Gasteiger partial charge in [-0.3, -0.25) is 14.3 Å². The van der Waals surface area contributed by atoms with Gasteiger partial charge < -0.3 is 5.73 Å². The molecule has 0 fully saturated rings. The minimum atomic E-state index is -0.874. The molecule has 0 aliphatic rings. The number of hydrogen-bond acceptors (Lipinski definition) is 3. The molecule has 2 rings (SSSR count). The first kappa shape index (κ1) is 13.9. The summed E-state index contributed by atoms with van der Waals surface area (Å²) in [5.74, 6) is -1.27. The average molecular weight is 275 g/mol. The van der Waals surface area contributed by atoms with Crippen LogP contribution in [0.2, 0.25) is 0 Å². The topological polar surface area (TPSA) is 78.0 Å². The number of primary amides is 1. The van der Waals surface area contributed by atoms with Gasteiger partial charge in [0.2, 0.25) is 5.43 Å². The van der Waals surface area contributed by atoms with Gasteiger partial charge in [0.1, 0.15) is 5.82 Å². The monoisotopic (exact) mass is 275 g/mol. The molecule has 104 valence electrons. The molecule has 0 spiro atoms. The van der Waals surface area contributed by atoms with Crippen molar-refractivity contribution >= 4 is 5.91 Å². The van der Waals surface area contributed by atoms with Gasteiger partial charge in [-0.05, 0) is 31.5 Å². The molecule has 0 saturated carbocycles. The molecule has 0 radical (unpaired) electrons. The molecule has 1 aromatic carbocycles. The molecule has 0 unspecified atom stereocenters. The van der Waals surface area contributed by atoms with Crippen LogP contribution >= 0.6 is 0 Å². The highest BCUT2D eigenvalue weighted by molar-refractivity contribution is 5.91. The Morgan fingerprint density at radius 1 is 1.35 bits per heavy atom. The lowest BCUT2D eigenvalue weighted by molar-refractivity contribution is 0.0992. The van der Waals surface area contributed by atoms with E-state index in [4.69, 9.17) is 5.73 Å². The molecule has 2 N–H and O–H groups in total. The largest absolute Gasteiger partial charge is 0.364 e. The molecule has 5 nitrogen and oxygen atoms in total. The second kappa shape index (κ2) is 5.24. The van der Waals surface area contributed by atoms with Gasteiger partial charge in [0.25, 0.3) is 5.91 Å². The number of nitrogens with two attached hydrogens (primary N) is 1. The molecule has 20 heavy (non-hydrogen) atoms. The Morgan fingerprint density at radius 3 is 2.45 bits per heavy atom. The average Bonchev–Trinajstić information content (AvgIpc) is 2.41. The van der Waals surface area contributed by atoms with E-state index in [0.29, 0.717) is 23.4 Å². The van der Waals surface area contributed by atoms with Crippen LogP contribution < -0.4 is 11.2 Å². The second-order valence-electron chi connectivity index (χ2n) is 4.33. The second-order valence-corrected chi connectivity index (χ2v) is 4.33. The van der Waals surface area contributed by atoms with E-state index in [9.17, 15) is 14.0 Å². The standard InChI is InChI=1S/C14H14FN3O2/c1-3-18-8(2)11(9-4-6-10(15)7-5-9)13(19)12(17-18)14(16)20/h4-7H,3H2,1-2H3,(H2,16,20). The van der Waals surface area contributed by atoms with E-state index in [0.717, 1.165) is 0 Å². The minimum absolute atomic E-state index is 0.309. The Hall–Kier alpha value is -2.50. The summed E-state index contributed by atoms with van der Waals surface area (Å²) in [6, 6.07) is 5.50. The molecule has 0 bridgehead atoms. The molecule has 1 heterocycles. The first-order valence-electron chi connectivity index (χ1n) is 6.13. The molecule has 0 saturated heterocycles. The van der Waals surface area contributed by atoms with Crippen LogP contribution in [-0.4, -0.2) is 15.7 Å². The number of halogens is 1. The quantitative estimate of drug-likeness (QED) is 0.921. The van der Waals surface area contributed by atoms with Gasteiger partial charge in [0.05, 0.1) is 5.56 Å². The Kier molecular flexibility index (Phi) is 3.65. The van der Waals surface area contributed by atoms with Crippen molar-refractivity contribution in [3.05, 3.63) is 51.7 Å². The zero-order valence-corrected chi connectivity index (χ0v) is 11.2. The summed E-state index contributed by atoms with van der Waals surface area (Å²) in [5.41, 5.74) is 5.79. The van der Waals surface area contributed by atoms with Crippen molar-refractivity contribution in [1.82, 2.24) is 9.78 Å². The fourth-order valence-corrected chi connectivity index (χ4v) is 2.08. The molecule has 0 atom stereocenters. The molecule has 6 heteroatoms. The van der Waals surface area contributed by atoms with Crippen molar-refractivity contribution in [2.45, 2.75) is 20.4 Å². The van der Waals surface area contributed by atoms with Crippen LogP contribution in [-0.2, 0) is 6.54 Å². The van der Waals surface area contributed by atoms with E-state index in [1.165, 1.54) is 28.9 Å². The fraction of sp³-hybridized carbons (Fsp3) is 0.214. The third-order valence-corrected chi connectivity index (χ3v) is 3.08. The number of hydrogen-bond donors (Lipinski definition) is 1. The summed E-state index contributed by atoms with van der Waals surface area (Å²) >= 11 is 0. The first-order valence-corrected chi connectivity index (χ1v) is 6.13. The minimum Gasteiger partial charge on any atom is -0.364 e. The van der Waals surface area contributed by atoms with E-state index in [1.54, 1.807) is 6.92 Å². The first-order chi connectivity index (χ1) is 9.45. The summed E-state index contributed by atoms with van der Waals surface area (Å²) < 4.78 is 14.5. The van der Waals surface area contributed by atoms with Gasteiger partial charge >= 0.3 is 0 Å². The number of nitrogens with zero attached hydrogens (tertiary/aromatic N) is 2. The number of carbonyl (C=O) groups excluding carboxylic acids is 1. The third-order valence-electron chi connectivity index (χ3n) is 3.08. The number of amides is 1. The van der Waals surface area contributed by atoms with E-state index in [1.807, 2.05) is 6.92 Å². The fourth-order valence-electron chi connectivity index (χ4n) is 2.08. The predicted molar refractivity (Wildman–Crippen MR) is 72.8 cm³/mol. The highest BCUT2D eigenvalue weighted by atomic mass is 19.1. The third kappa shape index (κ3) is 2.32. The summed E-state index contributed by atoms with van der Waals surface area (Å²) in [6.07, 6.45) is 0. The van der Waals surface area contributed by atoms with Crippen molar-refractivity contribution in [3.63, 3.8) is 0 Å². The SMILES string of the molecule is CCn1nc(C(N)=O)c(=O)c(-c2ccc(F)cc2)c1C. The van der Waals surface area contributed by atoms with Gasteiger partial charge in [-0.2, -0.15) is 5.10 Å². The summed E-state index contributed by atoms with van der Waals surface area (Å²) in [6.45, 7) is 4.05. The summed E-state index contributed by atoms with van der Waals surface area (Å²) in [7, 11) is 0. The number of aryl methyl sites for hydroxylation is 1. The van der Waals surface area contributed by atoms with Gasteiger partial charge in [0, 0.05) is 12.2 Å². The van der Waals surface area contributed by atoms with Crippen LogP contribution in [0.1, 0.15) is 23.1 Å². The van der Waals surface area contributed by atoms with Crippen LogP contribution in [0.3, 0.4) is 0 Å². The van der Waals surface area contributed by atoms with Crippen LogP contribution in [0.4, 0.5) is 4.39 Å². The van der Waals surface area contributed by atoms with Gasteiger partial charge in [-0.25, -0.2) is 4.39 Å². The van der Waals surface area contributed by atoms with E-state index >= 15 is 0 Å². The Morgan fingerprint density at radius 2 is 1.95 bits per heavy atom. The highest BCUT2D eigenvalue weighted by Gasteiger charge is 2.18. The van der Waals surface area contributed by atoms with Crippen molar-refractivity contribution < 1.29 is 9.18 Å². The van der Waals surface area contributed by atoms with Crippen LogP contribution in [0.5, 0.6) is 0 Å². The van der Waals surface area contributed by atoms with Gasteiger partial charge in [0.15, 0.2) is 5.69 Å². The lowest BCUT2D eigenvalue weighted by atomic mass is 10.0. The maximum atomic E-state index is 13.0.